The summed E-state index contributed by atoms with van der Waals surface area (Å²) in [5.74, 6) is -1.96. The van der Waals surface area contributed by atoms with Gasteiger partial charge in [-0.1, -0.05) is 48.9 Å². The first-order chi connectivity index (χ1) is 14.9. The van der Waals surface area contributed by atoms with Crippen LogP contribution < -0.4 is 10.6 Å². The van der Waals surface area contributed by atoms with E-state index in [1.54, 1.807) is 0 Å². The number of carbonyl (C=O) groups excluding carboxylic acids is 3. The van der Waals surface area contributed by atoms with Crippen molar-refractivity contribution >= 4 is 35.2 Å². The number of rotatable bonds is 5. The van der Waals surface area contributed by atoms with Crippen LogP contribution in [-0.4, -0.2) is 36.0 Å². The fraction of sp³-hybridized carbons (Fsp3) is 0.227. The quantitative estimate of drug-likeness (QED) is 0.692. The number of amides is 3. The van der Waals surface area contributed by atoms with Gasteiger partial charge in [0.1, 0.15) is 13.2 Å². The number of aryl methyl sites for hydroxylation is 1. The van der Waals surface area contributed by atoms with E-state index < -0.39 is 36.3 Å². The monoisotopic (exact) mass is 443 g/mol. The summed E-state index contributed by atoms with van der Waals surface area (Å²) >= 11 is 5.73. The Morgan fingerprint density at radius 1 is 1.26 bits per heavy atom. The summed E-state index contributed by atoms with van der Waals surface area (Å²) in [6, 6.07) is 10.6. The number of esters is 1. The number of anilines is 1. The minimum absolute atomic E-state index is 0.100. The first-order valence-corrected chi connectivity index (χ1v) is 10.1. The Kier molecular flexibility index (Phi) is 5.65. The van der Waals surface area contributed by atoms with Gasteiger partial charge >= 0.3 is 12.0 Å². The highest BCUT2D eigenvalue weighted by Crippen LogP contribution is 2.35. The van der Waals surface area contributed by atoms with Crippen LogP contribution in [0.25, 0.3) is 0 Å². The zero-order chi connectivity index (χ0) is 22.1. The van der Waals surface area contributed by atoms with Gasteiger partial charge in [0.2, 0.25) is 5.91 Å². The molecule has 31 heavy (non-hydrogen) atoms. The molecule has 2 aromatic rings. The number of benzene rings is 2. The Morgan fingerprint density at radius 2 is 2.00 bits per heavy atom. The highest BCUT2D eigenvalue weighted by molar-refractivity contribution is 6.31. The fourth-order valence-electron chi connectivity index (χ4n) is 3.61. The topological polar surface area (TPSA) is 87.7 Å². The van der Waals surface area contributed by atoms with Gasteiger partial charge in [-0.25, -0.2) is 14.0 Å². The molecule has 1 unspecified atom stereocenters. The number of cyclic esters (lactones) is 1. The van der Waals surface area contributed by atoms with Crippen LogP contribution in [0.5, 0.6) is 0 Å². The minimum Gasteiger partial charge on any atom is -0.456 e. The standard InChI is InChI=1S/C22H19ClFN3O4/c1-2-12-6-8-13(9-7-12)20-18-16(11-31-21(18)29)27(22(30)26-20)10-17(28)25-15-5-3-4-14(23)19(15)24/h3-9,20H,2,10-11H2,1H3,(H,25,28)(H,26,30). The van der Waals surface area contributed by atoms with Crippen molar-refractivity contribution in [3.05, 3.63) is 75.7 Å². The third-order valence-corrected chi connectivity index (χ3v) is 5.54. The summed E-state index contributed by atoms with van der Waals surface area (Å²) in [6.07, 6.45) is 0.864. The van der Waals surface area contributed by atoms with Crippen LogP contribution in [0, 0.1) is 5.82 Å². The molecule has 9 heteroatoms. The second-order valence-corrected chi connectivity index (χ2v) is 7.56. The summed E-state index contributed by atoms with van der Waals surface area (Å²) in [7, 11) is 0. The second-order valence-electron chi connectivity index (χ2n) is 7.15. The molecule has 1 atom stereocenters. The second kappa shape index (κ2) is 8.39. The summed E-state index contributed by atoms with van der Waals surface area (Å²) in [5, 5.41) is 5.03. The molecular weight excluding hydrogens is 425 g/mol. The summed E-state index contributed by atoms with van der Waals surface area (Å²) in [4.78, 5) is 38.8. The van der Waals surface area contributed by atoms with E-state index >= 15 is 0 Å². The van der Waals surface area contributed by atoms with Crippen LogP contribution in [0.1, 0.15) is 24.1 Å². The van der Waals surface area contributed by atoms with Gasteiger partial charge in [-0.15, -0.1) is 0 Å². The zero-order valence-corrected chi connectivity index (χ0v) is 17.3. The molecule has 0 radical (unpaired) electrons. The van der Waals surface area contributed by atoms with Crippen LogP contribution in [0.2, 0.25) is 5.02 Å². The fourth-order valence-corrected chi connectivity index (χ4v) is 3.78. The molecular formula is C22H19ClFN3O4. The summed E-state index contributed by atoms with van der Waals surface area (Å²) in [6.45, 7) is 1.49. The van der Waals surface area contributed by atoms with Crippen molar-refractivity contribution in [2.45, 2.75) is 19.4 Å². The molecule has 0 aromatic heterocycles. The van der Waals surface area contributed by atoms with Crippen molar-refractivity contribution in [1.29, 1.82) is 0 Å². The number of hydrogen-bond donors (Lipinski definition) is 2. The Bertz CT molecular complexity index is 1100. The van der Waals surface area contributed by atoms with E-state index in [0.29, 0.717) is 5.70 Å². The van der Waals surface area contributed by atoms with E-state index in [1.165, 1.54) is 18.2 Å². The molecule has 2 aliphatic rings. The van der Waals surface area contributed by atoms with Crippen LogP contribution >= 0.6 is 11.6 Å². The molecule has 2 N–H and O–H groups in total. The molecule has 0 spiro atoms. The molecule has 0 bridgehead atoms. The maximum Gasteiger partial charge on any atom is 0.338 e. The summed E-state index contributed by atoms with van der Waals surface area (Å²) in [5.41, 5.74) is 2.37. The molecule has 0 aliphatic carbocycles. The molecule has 2 aromatic carbocycles. The van der Waals surface area contributed by atoms with Crippen molar-refractivity contribution in [1.82, 2.24) is 10.2 Å². The van der Waals surface area contributed by atoms with Crippen molar-refractivity contribution in [2.75, 3.05) is 18.5 Å². The number of ether oxygens (including phenoxy) is 1. The smallest absolute Gasteiger partial charge is 0.338 e. The van der Waals surface area contributed by atoms with Gasteiger partial charge in [0, 0.05) is 0 Å². The SMILES string of the molecule is CCc1ccc(C2NC(=O)N(CC(=O)Nc3cccc(Cl)c3F)C3=C2C(=O)OC3)cc1. The van der Waals surface area contributed by atoms with Crippen molar-refractivity contribution < 1.29 is 23.5 Å². The molecule has 0 fully saturated rings. The summed E-state index contributed by atoms with van der Waals surface area (Å²) < 4.78 is 19.2. The normalized spacial score (nSPS) is 17.9. The highest BCUT2D eigenvalue weighted by Gasteiger charge is 2.42. The molecule has 2 aliphatic heterocycles. The van der Waals surface area contributed by atoms with Crippen LogP contribution in [0.3, 0.4) is 0 Å². The van der Waals surface area contributed by atoms with E-state index in [4.69, 9.17) is 16.3 Å². The number of carbonyl (C=O) groups is 3. The number of halogens is 2. The van der Waals surface area contributed by atoms with E-state index in [1.807, 2.05) is 31.2 Å². The first kappa shape index (κ1) is 20.9. The predicted octanol–water partition coefficient (Wildman–Crippen LogP) is 3.56. The van der Waals surface area contributed by atoms with Crippen LogP contribution in [0.15, 0.2) is 53.7 Å². The average molecular weight is 444 g/mol. The number of nitrogens with one attached hydrogen (secondary N) is 2. The lowest BCUT2D eigenvalue weighted by Crippen LogP contribution is -2.49. The molecule has 160 valence electrons. The van der Waals surface area contributed by atoms with Gasteiger partial charge in [-0.2, -0.15) is 0 Å². The largest absolute Gasteiger partial charge is 0.456 e. The van der Waals surface area contributed by atoms with Crippen LogP contribution in [0.4, 0.5) is 14.9 Å². The van der Waals surface area contributed by atoms with Gasteiger partial charge in [0.05, 0.1) is 28.0 Å². The number of urea groups is 1. The van der Waals surface area contributed by atoms with Gasteiger partial charge in [0.15, 0.2) is 5.82 Å². The maximum absolute atomic E-state index is 14.1. The van der Waals surface area contributed by atoms with Crippen LogP contribution in [-0.2, 0) is 20.7 Å². The molecule has 0 saturated heterocycles. The number of hydrogen-bond acceptors (Lipinski definition) is 4. The molecule has 4 rings (SSSR count). The molecule has 0 saturated carbocycles. The first-order valence-electron chi connectivity index (χ1n) is 9.70. The van der Waals surface area contributed by atoms with E-state index in [9.17, 15) is 18.8 Å². The maximum atomic E-state index is 14.1. The van der Waals surface area contributed by atoms with Crippen molar-refractivity contribution in [3.63, 3.8) is 0 Å². The van der Waals surface area contributed by atoms with Gasteiger partial charge in [-0.05, 0) is 29.7 Å². The predicted molar refractivity (Wildman–Crippen MR) is 112 cm³/mol. The van der Waals surface area contributed by atoms with Gasteiger partial charge in [-0.3, -0.25) is 9.69 Å². The lowest BCUT2D eigenvalue weighted by Gasteiger charge is -2.32. The van der Waals surface area contributed by atoms with E-state index in [2.05, 4.69) is 10.6 Å². The Hall–Kier alpha value is -3.39. The van der Waals surface area contributed by atoms with E-state index in [0.717, 1.165) is 22.4 Å². The number of nitrogens with zero attached hydrogens (tertiary/aromatic N) is 1. The average Bonchev–Trinajstić information content (AvgIpc) is 3.15. The highest BCUT2D eigenvalue weighted by atomic mass is 35.5. The third kappa shape index (κ3) is 3.98. The van der Waals surface area contributed by atoms with E-state index in [-0.39, 0.29) is 22.9 Å². The minimum atomic E-state index is -0.768. The molecule has 2 heterocycles. The Balaban J connectivity index is 1.59. The zero-order valence-electron chi connectivity index (χ0n) is 16.6. The van der Waals surface area contributed by atoms with Crippen molar-refractivity contribution in [2.24, 2.45) is 0 Å². The molecule has 7 nitrogen and oxygen atoms in total. The molecule has 3 amide bonds. The lowest BCUT2D eigenvalue weighted by molar-refractivity contribution is -0.136. The van der Waals surface area contributed by atoms with Crippen molar-refractivity contribution in [3.8, 4) is 0 Å². The Labute approximate surface area is 182 Å². The van der Waals surface area contributed by atoms with Gasteiger partial charge < -0.3 is 15.4 Å². The van der Waals surface area contributed by atoms with Gasteiger partial charge in [0.25, 0.3) is 0 Å². The third-order valence-electron chi connectivity index (χ3n) is 5.25. The lowest BCUT2D eigenvalue weighted by atomic mass is 9.94. The Morgan fingerprint density at radius 3 is 2.71 bits per heavy atom.